The molecule has 0 radical (unpaired) electrons. The number of H-pyrrole nitrogens is 1. The van der Waals surface area contributed by atoms with Gasteiger partial charge in [-0.3, -0.25) is 4.79 Å². The highest BCUT2D eigenvalue weighted by atomic mass is 16.1. The van der Waals surface area contributed by atoms with Crippen LogP contribution >= 0.6 is 0 Å². The lowest BCUT2D eigenvalue weighted by Crippen LogP contribution is -2.17. The van der Waals surface area contributed by atoms with E-state index < -0.39 is 0 Å². The number of rotatable bonds is 2. The Bertz CT molecular complexity index is 621. The quantitative estimate of drug-likeness (QED) is 0.880. The van der Waals surface area contributed by atoms with Crippen LogP contribution in [-0.4, -0.2) is 9.97 Å². The Balaban J connectivity index is 2.70. The fourth-order valence-electron chi connectivity index (χ4n) is 2.33. The lowest BCUT2D eigenvalue weighted by atomic mass is 10.0. The minimum Gasteiger partial charge on any atom is -0.306 e. The van der Waals surface area contributed by atoms with Crippen molar-refractivity contribution in [1.82, 2.24) is 9.97 Å². The smallest absolute Gasteiger partial charge is 0.254 e. The fraction of sp³-hybridized carbons (Fsp3) is 0.333. The van der Waals surface area contributed by atoms with Crippen molar-refractivity contribution in [3.63, 3.8) is 0 Å². The van der Waals surface area contributed by atoms with E-state index in [4.69, 9.17) is 0 Å². The molecule has 0 saturated heterocycles. The van der Waals surface area contributed by atoms with Gasteiger partial charge in [-0.15, -0.1) is 0 Å². The number of aryl methyl sites for hydroxylation is 3. The molecular weight excluding hydrogens is 224 g/mol. The van der Waals surface area contributed by atoms with Gasteiger partial charge in [0.05, 0.1) is 0 Å². The van der Waals surface area contributed by atoms with E-state index in [1.165, 1.54) is 0 Å². The Morgan fingerprint density at radius 1 is 1.17 bits per heavy atom. The van der Waals surface area contributed by atoms with Crippen LogP contribution in [0, 0.1) is 20.8 Å². The van der Waals surface area contributed by atoms with Crippen LogP contribution in [0.5, 0.6) is 0 Å². The zero-order chi connectivity index (χ0) is 13.3. The first-order valence-electron chi connectivity index (χ1n) is 6.21. The average molecular weight is 242 g/mol. The van der Waals surface area contributed by atoms with Gasteiger partial charge in [-0.05, 0) is 38.3 Å². The maximum absolute atomic E-state index is 12.0. The predicted molar refractivity (Wildman–Crippen MR) is 73.9 cm³/mol. The number of hydrogen-bond donors (Lipinski definition) is 1. The van der Waals surface area contributed by atoms with Crippen molar-refractivity contribution in [2.45, 2.75) is 34.1 Å². The van der Waals surface area contributed by atoms with Crippen LogP contribution in [0.2, 0.25) is 0 Å². The van der Waals surface area contributed by atoms with Gasteiger partial charge in [-0.2, -0.15) is 0 Å². The van der Waals surface area contributed by atoms with E-state index >= 15 is 0 Å². The fourth-order valence-corrected chi connectivity index (χ4v) is 2.33. The SMILES string of the molecule is CCc1c(C)nc(-c2c(C)cccc2C)[nH]c1=O. The van der Waals surface area contributed by atoms with Gasteiger partial charge in [-0.25, -0.2) is 4.98 Å². The van der Waals surface area contributed by atoms with E-state index in [0.717, 1.165) is 27.9 Å². The molecule has 94 valence electrons. The maximum Gasteiger partial charge on any atom is 0.254 e. The third-order valence-electron chi connectivity index (χ3n) is 3.29. The molecule has 0 aliphatic carbocycles. The second kappa shape index (κ2) is 4.77. The molecule has 3 heteroatoms. The zero-order valence-corrected chi connectivity index (χ0v) is 11.3. The molecular formula is C15H18N2O. The molecule has 1 aromatic heterocycles. The first kappa shape index (κ1) is 12.6. The highest BCUT2D eigenvalue weighted by Crippen LogP contribution is 2.23. The van der Waals surface area contributed by atoms with Gasteiger partial charge in [0.15, 0.2) is 0 Å². The topological polar surface area (TPSA) is 45.8 Å². The van der Waals surface area contributed by atoms with Crippen LogP contribution in [0.1, 0.15) is 29.3 Å². The van der Waals surface area contributed by atoms with Crippen molar-refractivity contribution in [2.75, 3.05) is 0 Å². The van der Waals surface area contributed by atoms with Crippen molar-refractivity contribution in [2.24, 2.45) is 0 Å². The summed E-state index contributed by atoms with van der Waals surface area (Å²) in [7, 11) is 0. The summed E-state index contributed by atoms with van der Waals surface area (Å²) < 4.78 is 0. The minimum atomic E-state index is -0.0253. The van der Waals surface area contributed by atoms with Gasteiger partial charge in [-0.1, -0.05) is 25.1 Å². The Kier molecular flexibility index (Phi) is 3.32. The summed E-state index contributed by atoms with van der Waals surface area (Å²) in [5, 5.41) is 0. The van der Waals surface area contributed by atoms with Crippen molar-refractivity contribution in [3.05, 3.63) is 50.9 Å². The van der Waals surface area contributed by atoms with Gasteiger partial charge in [0, 0.05) is 16.8 Å². The Hall–Kier alpha value is -1.90. The van der Waals surface area contributed by atoms with Crippen molar-refractivity contribution in [1.29, 1.82) is 0 Å². The molecule has 0 unspecified atom stereocenters. The van der Waals surface area contributed by atoms with Crippen LogP contribution in [0.15, 0.2) is 23.0 Å². The molecule has 0 fully saturated rings. The zero-order valence-electron chi connectivity index (χ0n) is 11.3. The van der Waals surface area contributed by atoms with E-state index in [-0.39, 0.29) is 5.56 Å². The third kappa shape index (κ3) is 2.08. The summed E-state index contributed by atoms with van der Waals surface area (Å²) in [5.74, 6) is 0.672. The lowest BCUT2D eigenvalue weighted by molar-refractivity contribution is 0.965. The van der Waals surface area contributed by atoms with Crippen molar-refractivity contribution < 1.29 is 0 Å². The highest BCUT2D eigenvalue weighted by Gasteiger charge is 2.11. The van der Waals surface area contributed by atoms with Gasteiger partial charge in [0.2, 0.25) is 0 Å². The number of benzene rings is 1. The second-order valence-corrected chi connectivity index (χ2v) is 4.60. The molecule has 0 spiro atoms. The van der Waals surface area contributed by atoms with Crippen LogP contribution in [0.4, 0.5) is 0 Å². The Morgan fingerprint density at radius 2 is 1.78 bits per heavy atom. The molecule has 1 N–H and O–H groups in total. The lowest BCUT2D eigenvalue weighted by Gasteiger charge is -2.10. The summed E-state index contributed by atoms with van der Waals surface area (Å²) in [4.78, 5) is 19.4. The first-order valence-corrected chi connectivity index (χ1v) is 6.21. The number of aromatic nitrogens is 2. The standard InChI is InChI=1S/C15H18N2O/c1-5-12-11(4)16-14(17-15(12)18)13-9(2)7-6-8-10(13)3/h6-8H,5H2,1-4H3,(H,16,17,18). The molecule has 0 aliphatic heterocycles. The van der Waals surface area contributed by atoms with Crippen LogP contribution < -0.4 is 5.56 Å². The largest absolute Gasteiger partial charge is 0.306 e. The molecule has 2 aromatic rings. The summed E-state index contributed by atoms with van der Waals surface area (Å²) in [6.07, 6.45) is 0.710. The molecule has 0 atom stereocenters. The summed E-state index contributed by atoms with van der Waals surface area (Å²) >= 11 is 0. The van der Waals surface area contributed by atoms with Crippen molar-refractivity contribution in [3.8, 4) is 11.4 Å². The van der Waals surface area contributed by atoms with Gasteiger partial charge >= 0.3 is 0 Å². The number of nitrogens with one attached hydrogen (secondary N) is 1. The van der Waals surface area contributed by atoms with E-state index in [1.807, 2.05) is 45.9 Å². The molecule has 3 nitrogen and oxygen atoms in total. The number of nitrogens with zero attached hydrogens (tertiary/aromatic N) is 1. The molecule has 0 amide bonds. The summed E-state index contributed by atoms with van der Waals surface area (Å²) in [6.45, 7) is 7.93. The van der Waals surface area contributed by atoms with Gasteiger partial charge < -0.3 is 4.98 Å². The molecule has 0 bridgehead atoms. The second-order valence-electron chi connectivity index (χ2n) is 4.60. The average Bonchev–Trinajstić information content (AvgIpc) is 2.28. The predicted octanol–water partition coefficient (Wildman–Crippen LogP) is 2.92. The molecule has 1 aromatic carbocycles. The van der Waals surface area contributed by atoms with Crippen molar-refractivity contribution >= 4 is 0 Å². The van der Waals surface area contributed by atoms with Crippen LogP contribution in [0.25, 0.3) is 11.4 Å². The first-order chi connectivity index (χ1) is 8.54. The van der Waals surface area contributed by atoms with E-state index in [9.17, 15) is 4.79 Å². The monoisotopic (exact) mass is 242 g/mol. The molecule has 1 heterocycles. The van der Waals surface area contributed by atoms with Gasteiger partial charge in [0.25, 0.3) is 5.56 Å². The minimum absolute atomic E-state index is 0.0253. The van der Waals surface area contributed by atoms with Gasteiger partial charge in [0.1, 0.15) is 5.82 Å². The Labute approximate surface area is 107 Å². The molecule has 18 heavy (non-hydrogen) atoms. The Morgan fingerprint density at radius 3 is 2.28 bits per heavy atom. The third-order valence-corrected chi connectivity index (χ3v) is 3.29. The highest BCUT2D eigenvalue weighted by molar-refractivity contribution is 5.64. The summed E-state index contributed by atoms with van der Waals surface area (Å²) in [6, 6.07) is 6.08. The number of hydrogen-bond acceptors (Lipinski definition) is 2. The van der Waals surface area contributed by atoms with Crippen LogP contribution in [-0.2, 0) is 6.42 Å². The number of aromatic amines is 1. The van der Waals surface area contributed by atoms with E-state index in [0.29, 0.717) is 12.2 Å². The normalized spacial score (nSPS) is 10.7. The van der Waals surface area contributed by atoms with Crippen LogP contribution in [0.3, 0.4) is 0 Å². The molecule has 0 saturated carbocycles. The molecule has 2 rings (SSSR count). The maximum atomic E-state index is 12.0. The molecule has 0 aliphatic rings. The van der Waals surface area contributed by atoms with E-state index in [2.05, 4.69) is 9.97 Å². The van der Waals surface area contributed by atoms with E-state index in [1.54, 1.807) is 0 Å². The summed E-state index contributed by atoms with van der Waals surface area (Å²) in [5.41, 5.74) is 4.84.